The number of rotatable bonds is 3. The highest BCUT2D eigenvalue weighted by Crippen LogP contribution is 1.95. The molecule has 0 amide bonds. The van der Waals surface area contributed by atoms with Gasteiger partial charge in [0.05, 0.1) is 0 Å². The fourth-order valence-electron chi connectivity index (χ4n) is 0.230. The minimum atomic E-state index is 0.566. The van der Waals surface area contributed by atoms with Crippen molar-refractivity contribution in [3.8, 4) is 0 Å². The van der Waals surface area contributed by atoms with Crippen LogP contribution in [0.4, 0.5) is 4.39 Å². The molecule has 6 heavy (non-hydrogen) atoms. The summed E-state index contributed by atoms with van der Waals surface area (Å²) in [4.78, 5) is 0. The Balaban J connectivity index is 2.34. The quantitative estimate of drug-likeness (QED) is 0.463. The molecule has 0 aliphatic rings. The van der Waals surface area contributed by atoms with Crippen molar-refractivity contribution in [2.75, 3.05) is 0 Å². The van der Waals surface area contributed by atoms with E-state index in [1.165, 1.54) is 0 Å². The summed E-state index contributed by atoms with van der Waals surface area (Å²) in [6.07, 6.45) is 3.36. The van der Waals surface area contributed by atoms with Crippen LogP contribution in [0.3, 0.4) is 0 Å². The lowest BCUT2D eigenvalue weighted by Gasteiger charge is -1.82. The zero-order valence-corrected chi connectivity index (χ0v) is 3.95. The maximum absolute atomic E-state index is 11.0. The van der Waals surface area contributed by atoms with Crippen LogP contribution in [0, 0.1) is 13.1 Å². The fourth-order valence-corrected chi connectivity index (χ4v) is 0.230. The van der Waals surface area contributed by atoms with E-state index < -0.39 is 0 Å². The Kier molecular flexibility index (Phi) is 4.87. The van der Waals surface area contributed by atoms with E-state index in [0.29, 0.717) is 13.1 Å². The Morgan fingerprint density at radius 1 is 1.50 bits per heavy atom. The van der Waals surface area contributed by atoms with Crippen molar-refractivity contribution in [1.82, 2.24) is 0 Å². The average Bonchev–Trinajstić information content (AvgIpc) is 1.61. The van der Waals surface area contributed by atoms with Crippen LogP contribution in [-0.4, -0.2) is 0 Å². The van der Waals surface area contributed by atoms with Crippen LogP contribution >= 0.6 is 0 Å². The third-order valence-corrected chi connectivity index (χ3v) is 0.564. The van der Waals surface area contributed by atoms with Crippen LogP contribution in [0.15, 0.2) is 0 Å². The summed E-state index contributed by atoms with van der Waals surface area (Å²) in [5, 5.41) is 0. The Hall–Kier alpha value is -0.0700. The molecule has 0 heterocycles. The van der Waals surface area contributed by atoms with E-state index in [1.807, 2.05) is 13.3 Å². The first-order valence-corrected chi connectivity index (χ1v) is 2.11. The van der Waals surface area contributed by atoms with Crippen molar-refractivity contribution >= 4 is 0 Å². The summed E-state index contributed by atoms with van der Waals surface area (Å²) in [7, 11) is 0. The van der Waals surface area contributed by atoms with Crippen LogP contribution in [0.5, 0.6) is 0 Å². The molecule has 0 spiro atoms. The normalized spacial score (nSPS) is 9.00. The molecule has 0 aromatic carbocycles. The van der Waals surface area contributed by atoms with Crippen molar-refractivity contribution in [2.45, 2.75) is 19.8 Å². The molecule has 0 aliphatic heterocycles. The molecule has 36 valence electrons. The van der Waals surface area contributed by atoms with Crippen LogP contribution in [-0.2, 0) is 0 Å². The summed E-state index contributed by atoms with van der Waals surface area (Å²) < 4.78 is 11.0. The lowest BCUT2D eigenvalue weighted by molar-refractivity contribution is 0.573. The minimum Gasteiger partial charge on any atom is -0.244 e. The summed E-state index contributed by atoms with van der Waals surface area (Å²) >= 11 is 0. The molecule has 0 bridgehead atoms. The maximum Gasteiger partial charge on any atom is 0.131 e. The number of hydrogen-bond acceptors (Lipinski definition) is 0. The van der Waals surface area contributed by atoms with E-state index in [2.05, 4.69) is 0 Å². The van der Waals surface area contributed by atoms with Crippen molar-refractivity contribution in [3.63, 3.8) is 0 Å². The number of hydrogen-bond donors (Lipinski definition) is 0. The molecule has 0 fully saturated rings. The predicted molar refractivity (Wildman–Crippen MR) is 24.6 cm³/mol. The zero-order chi connectivity index (χ0) is 4.83. The highest BCUT2D eigenvalue weighted by atomic mass is 19.1. The number of unbranched alkanes of at least 4 members (excludes halogenated alkanes) is 2. The molecule has 0 saturated carbocycles. The molecule has 0 N–H and O–H groups in total. The molecule has 0 atom stereocenters. The molecule has 2 radical (unpaired) electrons. The molecule has 0 unspecified atom stereocenters. The number of halogens is 1. The van der Waals surface area contributed by atoms with Gasteiger partial charge in [0, 0.05) is 0 Å². The van der Waals surface area contributed by atoms with Crippen LogP contribution in [0.2, 0.25) is 0 Å². The van der Waals surface area contributed by atoms with Crippen LogP contribution in [0.25, 0.3) is 0 Å². The minimum absolute atomic E-state index is 0.566. The van der Waals surface area contributed by atoms with Crippen LogP contribution in [0.1, 0.15) is 19.8 Å². The highest BCUT2D eigenvalue weighted by Gasteiger charge is 1.79. The summed E-state index contributed by atoms with van der Waals surface area (Å²) in [6.45, 7) is 2.60. The SMILES string of the molecule is C[CH]CC[CH]F. The standard InChI is InChI=1S/C5H9F/c1-2-3-4-5-6/h2,5H,3-4H2,1H3. The van der Waals surface area contributed by atoms with Crippen molar-refractivity contribution in [1.29, 1.82) is 0 Å². The average molecular weight is 88.1 g/mol. The summed E-state index contributed by atoms with van der Waals surface area (Å²) in [6, 6.07) is 0. The lowest BCUT2D eigenvalue weighted by atomic mass is 10.3. The van der Waals surface area contributed by atoms with Gasteiger partial charge in [0.25, 0.3) is 0 Å². The molecule has 0 aromatic heterocycles. The van der Waals surface area contributed by atoms with Crippen molar-refractivity contribution in [3.05, 3.63) is 13.1 Å². The van der Waals surface area contributed by atoms with Gasteiger partial charge in [-0.2, -0.15) is 0 Å². The summed E-state index contributed by atoms with van der Waals surface area (Å²) in [5.41, 5.74) is 0. The Bertz CT molecular complexity index is 15.9. The topological polar surface area (TPSA) is 0 Å². The lowest BCUT2D eigenvalue weighted by Crippen LogP contribution is -1.67. The van der Waals surface area contributed by atoms with Gasteiger partial charge in [-0.3, -0.25) is 0 Å². The third kappa shape index (κ3) is 3.93. The Morgan fingerprint density at radius 3 is 2.33 bits per heavy atom. The smallest absolute Gasteiger partial charge is 0.131 e. The van der Waals surface area contributed by atoms with E-state index >= 15 is 0 Å². The monoisotopic (exact) mass is 88.1 g/mol. The fraction of sp³-hybridized carbons (Fsp3) is 0.600. The molecule has 0 aromatic rings. The second-order valence-corrected chi connectivity index (χ2v) is 1.14. The summed E-state index contributed by atoms with van der Waals surface area (Å²) in [5.74, 6) is 0. The Morgan fingerprint density at radius 2 is 2.17 bits per heavy atom. The molecular formula is C5H9F. The predicted octanol–water partition coefficient (Wildman–Crippen LogP) is 2.12. The molecule has 0 saturated heterocycles. The first-order valence-electron chi connectivity index (χ1n) is 2.11. The van der Waals surface area contributed by atoms with E-state index in [0.717, 1.165) is 6.42 Å². The molecule has 0 nitrogen and oxygen atoms in total. The second-order valence-electron chi connectivity index (χ2n) is 1.14. The van der Waals surface area contributed by atoms with Gasteiger partial charge in [0.2, 0.25) is 0 Å². The Labute approximate surface area is 38.4 Å². The molecule has 1 heteroatoms. The van der Waals surface area contributed by atoms with Crippen molar-refractivity contribution < 1.29 is 4.39 Å². The van der Waals surface area contributed by atoms with Gasteiger partial charge in [0.1, 0.15) is 6.67 Å². The van der Waals surface area contributed by atoms with Crippen LogP contribution < -0.4 is 0 Å². The van der Waals surface area contributed by atoms with Gasteiger partial charge in [0.15, 0.2) is 0 Å². The van der Waals surface area contributed by atoms with Gasteiger partial charge in [-0.15, -0.1) is 0 Å². The third-order valence-electron chi connectivity index (χ3n) is 0.564. The second kappa shape index (κ2) is 4.93. The van der Waals surface area contributed by atoms with E-state index in [1.54, 1.807) is 0 Å². The largest absolute Gasteiger partial charge is 0.244 e. The maximum atomic E-state index is 11.0. The first-order chi connectivity index (χ1) is 2.91. The molecule has 0 aliphatic carbocycles. The first kappa shape index (κ1) is 5.93. The van der Waals surface area contributed by atoms with E-state index in [4.69, 9.17) is 0 Å². The zero-order valence-electron chi connectivity index (χ0n) is 3.95. The van der Waals surface area contributed by atoms with E-state index in [9.17, 15) is 4.39 Å². The van der Waals surface area contributed by atoms with Gasteiger partial charge >= 0.3 is 0 Å². The molecule has 0 rings (SSSR count). The van der Waals surface area contributed by atoms with Gasteiger partial charge < -0.3 is 0 Å². The molecular weight excluding hydrogens is 79.1 g/mol. The van der Waals surface area contributed by atoms with E-state index in [-0.39, 0.29) is 0 Å². The van der Waals surface area contributed by atoms with Gasteiger partial charge in [-0.05, 0) is 19.3 Å². The van der Waals surface area contributed by atoms with Crippen molar-refractivity contribution in [2.24, 2.45) is 0 Å². The van der Waals surface area contributed by atoms with Gasteiger partial charge in [-0.1, -0.05) is 6.92 Å². The highest BCUT2D eigenvalue weighted by molar-refractivity contribution is 4.58. The van der Waals surface area contributed by atoms with Gasteiger partial charge in [-0.25, -0.2) is 4.39 Å².